The maximum Gasteiger partial charge on any atom is 0.337 e. The summed E-state index contributed by atoms with van der Waals surface area (Å²) in [5.74, 6) is -1.08. The highest BCUT2D eigenvalue weighted by molar-refractivity contribution is 5.92. The predicted octanol–water partition coefficient (Wildman–Crippen LogP) is 1.47. The van der Waals surface area contributed by atoms with Gasteiger partial charge in [0.25, 0.3) is 0 Å². The number of aromatic carboxylic acids is 1. The van der Waals surface area contributed by atoms with Crippen LogP contribution in [-0.4, -0.2) is 41.3 Å². The van der Waals surface area contributed by atoms with Gasteiger partial charge in [0.2, 0.25) is 0 Å². The molecule has 1 saturated heterocycles. The molecule has 108 valence electrons. The number of carboxylic acids is 1. The van der Waals surface area contributed by atoms with E-state index >= 15 is 0 Å². The van der Waals surface area contributed by atoms with E-state index in [1.54, 1.807) is 0 Å². The highest BCUT2D eigenvalue weighted by atomic mass is 16.5. The number of hydrogen-bond donors (Lipinski definition) is 3. The molecule has 0 bridgehead atoms. The lowest BCUT2D eigenvalue weighted by molar-refractivity contribution is 0.0696. The molecule has 1 atom stereocenters. The molecule has 0 saturated carbocycles. The van der Waals surface area contributed by atoms with Crippen LogP contribution in [0.5, 0.6) is 0 Å². The third-order valence-electron chi connectivity index (χ3n) is 3.02. The maximum atomic E-state index is 11.6. The van der Waals surface area contributed by atoms with E-state index in [2.05, 4.69) is 15.6 Å². The topological polar surface area (TPSA) is 101 Å². The van der Waals surface area contributed by atoms with Gasteiger partial charge in [-0.15, -0.1) is 0 Å². The smallest absolute Gasteiger partial charge is 0.337 e. The van der Waals surface area contributed by atoms with Crippen molar-refractivity contribution in [3.63, 3.8) is 0 Å². The SMILES string of the molecule is O=C(NCCC1CCCO1)Nc1cncc(C(=O)O)c1. The number of anilines is 1. The molecular formula is C13H17N3O4. The van der Waals surface area contributed by atoms with Gasteiger partial charge in [-0.3, -0.25) is 4.98 Å². The van der Waals surface area contributed by atoms with Crippen LogP contribution in [-0.2, 0) is 4.74 Å². The van der Waals surface area contributed by atoms with E-state index in [4.69, 9.17) is 9.84 Å². The lowest BCUT2D eigenvalue weighted by Gasteiger charge is -2.11. The molecule has 1 unspecified atom stereocenters. The minimum atomic E-state index is -1.08. The van der Waals surface area contributed by atoms with Gasteiger partial charge in [-0.2, -0.15) is 0 Å². The van der Waals surface area contributed by atoms with Gasteiger partial charge in [0.1, 0.15) is 0 Å². The molecule has 0 radical (unpaired) electrons. The van der Waals surface area contributed by atoms with Gasteiger partial charge in [0, 0.05) is 19.3 Å². The number of urea groups is 1. The second kappa shape index (κ2) is 6.85. The number of carboxylic acid groups (broad SMARTS) is 1. The fraction of sp³-hybridized carbons (Fsp3) is 0.462. The Morgan fingerprint density at radius 1 is 1.45 bits per heavy atom. The minimum absolute atomic E-state index is 0.0298. The van der Waals surface area contributed by atoms with Gasteiger partial charge in [-0.05, 0) is 25.3 Å². The van der Waals surface area contributed by atoms with Crippen LogP contribution in [0.3, 0.4) is 0 Å². The summed E-state index contributed by atoms with van der Waals surface area (Å²) in [7, 11) is 0. The molecule has 1 fully saturated rings. The first kappa shape index (κ1) is 14.3. The van der Waals surface area contributed by atoms with Crippen LogP contribution in [0.15, 0.2) is 18.5 Å². The largest absolute Gasteiger partial charge is 0.478 e. The van der Waals surface area contributed by atoms with Crippen LogP contribution in [0.2, 0.25) is 0 Å². The lowest BCUT2D eigenvalue weighted by atomic mass is 10.2. The van der Waals surface area contributed by atoms with Gasteiger partial charge in [0.05, 0.1) is 23.6 Å². The Bertz CT molecular complexity index is 486. The summed E-state index contributed by atoms with van der Waals surface area (Å²) in [5.41, 5.74) is 0.377. The quantitative estimate of drug-likeness (QED) is 0.757. The number of hydrogen-bond acceptors (Lipinski definition) is 4. The van der Waals surface area contributed by atoms with Crippen LogP contribution in [0.1, 0.15) is 29.6 Å². The number of nitrogens with zero attached hydrogens (tertiary/aromatic N) is 1. The van der Waals surface area contributed by atoms with Crippen molar-refractivity contribution in [2.75, 3.05) is 18.5 Å². The number of carbonyl (C=O) groups excluding carboxylic acids is 1. The second-order valence-electron chi connectivity index (χ2n) is 4.57. The maximum absolute atomic E-state index is 11.6. The zero-order valence-corrected chi connectivity index (χ0v) is 11.0. The molecule has 2 heterocycles. The molecule has 0 spiro atoms. The van der Waals surface area contributed by atoms with E-state index in [0.29, 0.717) is 12.2 Å². The van der Waals surface area contributed by atoms with Crippen LogP contribution >= 0.6 is 0 Å². The van der Waals surface area contributed by atoms with Crippen molar-refractivity contribution in [1.29, 1.82) is 0 Å². The van der Waals surface area contributed by atoms with Gasteiger partial charge >= 0.3 is 12.0 Å². The van der Waals surface area contributed by atoms with Gasteiger partial charge < -0.3 is 20.5 Å². The third kappa shape index (κ3) is 4.20. The molecule has 1 aromatic rings. The predicted molar refractivity (Wildman–Crippen MR) is 71.8 cm³/mol. The van der Waals surface area contributed by atoms with Gasteiger partial charge in [-0.1, -0.05) is 0 Å². The molecule has 2 amide bonds. The average molecular weight is 279 g/mol. The molecule has 7 nitrogen and oxygen atoms in total. The van der Waals surface area contributed by atoms with Crippen molar-refractivity contribution in [2.45, 2.75) is 25.4 Å². The molecule has 1 aromatic heterocycles. The molecule has 3 N–H and O–H groups in total. The summed E-state index contributed by atoms with van der Waals surface area (Å²) in [6.45, 7) is 1.31. The first-order valence-corrected chi connectivity index (χ1v) is 6.50. The molecule has 7 heteroatoms. The summed E-state index contributed by atoms with van der Waals surface area (Å²) >= 11 is 0. The molecule has 0 aliphatic carbocycles. The van der Waals surface area contributed by atoms with Crippen LogP contribution in [0, 0.1) is 0 Å². The first-order valence-electron chi connectivity index (χ1n) is 6.50. The van der Waals surface area contributed by atoms with E-state index in [-0.39, 0.29) is 17.7 Å². The number of nitrogens with one attached hydrogen (secondary N) is 2. The fourth-order valence-corrected chi connectivity index (χ4v) is 2.02. The number of amides is 2. The normalized spacial score (nSPS) is 17.7. The van der Waals surface area contributed by atoms with E-state index in [0.717, 1.165) is 25.9 Å². The van der Waals surface area contributed by atoms with E-state index in [1.165, 1.54) is 18.5 Å². The molecule has 1 aliphatic rings. The molecule has 2 rings (SSSR count). The number of rotatable bonds is 5. The van der Waals surface area contributed by atoms with Crippen molar-refractivity contribution in [3.8, 4) is 0 Å². The standard InChI is InChI=1S/C13H17N3O4/c17-12(18)9-6-10(8-14-7-9)16-13(19)15-4-3-11-2-1-5-20-11/h6-8,11H,1-5H2,(H,17,18)(H2,15,16,19). The zero-order valence-electron chi connectivity index (χ0n) is 11.0. The highest BCUT2D eigenvalue weighted by Crippen LogP contribution is 2.14. The Balaban J connectivity index is 1.76. The third-order valence-corrected chi connectivity index (χ3v) is 3.02. The average Bonchev–Trinajstić information content (AvgIpc) is 2.92. The van der Waals surface area contributed by atoms with Crippen molar-refractivity contribution in [2.24, 2.45) is 0 Å². The summed E-state index contributed by atoms with van der Waals surface area (Å²) < 4.78 is 5.45. The first-order chi connectivity index (χ1) is 9.65. The second-order valence-corrected chi connectivity index (χ2v) is 4.57. The lowest BCUT2D eigenvalue weighted by Crippen LogP contribution is -2.31. The van der Waals surface area contributed by atoms with E-state index < -0.39 is 5.97 Å². The van der Waals surface area contributed by atoms with Gasteiger partial charge in [0.15, 0.2) is 0 Å². The number of aromatic nitrogens is 1. The Kier molecular flexibility index (Phi) is 4.89. The minimum Gasteiger partial charge on any atom is -0.478 e. The Morgan fingerprint density at radius 2 is 2.30 bits per heavy atom. The number of ether oxygens (including phenoxy) is 1. The fourth-order valence-electron chi connectivity index (χ4n) is 2.02. The number of pyridine rings is 1. The summed E-state index contributed by atoms with van der Waals surface area (Å²) in [5, 5.41) is 14.1. The van der Waals surface area contributed by atoms with Crippen LogP contribution < -0.4 is 10.6 Å². The molecule has 0 aromatic carbocycles. The van der Waals surface area contributed by atoms with Crippen molar-refractivity contribution in [3.05, 3.63) is 24.0 Å². The Hall–Kier alpha value is -2.15. The van der Waals surface area contributed by atoms with Crippen molar-refractivity contribution < 1.29 is 19.4 Å². The monoisotopic (exact) mass is 279 g/mol. The molecule has 1 aliphatic heterocycles. The summed E-state index contributed by atoms with van der Waals surface area (Å²) in [6.07, 6.45) is 5.74. The summed E-state index contributed by atoms with van der Waals surface area (Å²) in [4.78, 5) is 26.2. The summed E-state index contributed by atoms with van der Waals surface area (Å²) in [6, 6.07) is 0.974. The zero-order chi connectivity index (χ0) is 14.4. The highest BCUT2D eigenvalue weighted by Gasteiger charge is 2.15. The number of carbonyl (C=O) groups is 2. The Morgan fingerprint density at radius 3 is 3.00 bits per heavy atom. The van der Waals surface area contributed by atoms with Crippen LogP contribution in [0.25, 0.3) is 0 Å². The van der Waals surface area contributed by atoms with Crippen molar-refractivity contribution in [1.82, 2.24) is 10.3 Å². The van der Waals surface area contributed by atoms with Crippen molar-refractivity contribution >= 4 is 17.7 Å². The van der Waals surface area contributed by atoms with E-state index in [1.807, 2.05) is 0 Å². The molecular weight excluding hydrogens is 262 g/mol. The van der Waals surface area contributed by atoms with Gasteiger partial charge in [-0.25, -0.2) is 9.59 Å². The molecule has 20 heavy (non-hydrogen) atoms. The van der Waals surface area contributed by atoms with E-state index in [9.17, 15) is 9.59 Å². The Labute approximate surface area is 116 Å². The van der Waals surface area contributed by atoms with Crippen LogP contribution in [0.4, 0.5) is 10.5 Å².